The van der Waals surface area contributed by atoms with Gasteiger partial charge in [-0.25, -0.2) is 0 Å². The van der Waals surface area contributed by atoms with E-state index in [1.54, 1.807) is 0 Å². The zero-order chi connectivity index (χ0) is 9.90. The van der Waals surface area contributed by atoms with Crippen molar-refractivity contribution in [2.75, 3.05) is 39.2 Å². The second-order valence-electron chi connectivity index (χ2n) is 3.45. The van der Waals surface area contributed by atoms with Crippen LogP contribution in [0.1, 0.15) is 6.92 Å². The molecule has 6 heteroatoms. The molecule has 0 saturated carbocycles. The van der Waals surface area contributed by atoms with E-state index in [2.05, 4.69) is 4.90 Å². The average molecular weight is 195 g/mol. The lowest BCUT2D eigenvalue weighted by atomic mass is 9.91. The number of hydrogen-bond donors (Lipinski definition) is 0. The fourth-order valence-corrected chi connectivity index (χ4v) is 1.58. The van der Waals surface area contributed by atoms with Gasteiger partial charge in [0.15, 0.2) is 0 Å². The van der Waals surface area contributed by atoms with Crippen molar-refractivity contribution in [1.29, 1.82) is 0 Å². The van der Waals surface area contributed by atoms with E-state index < -0.39 is 13.4 Å². The number of likely N-dealkylation sites (N-methyl/N-ethyl adjacent to an activating group) is 1. The summed E-state index contributed by atoms with van der Waals surface area (Å²) < 4.78 is 36.1. The lowest BCUT2D eigenvalue weighted by molar-refractivity contribution is 0.144. The number of piperazine rings is 1. The van der Waals surface area contributed by atoms with E-state index in [9.17, 15) is 12.9 Å². The van der Waals surface area contributed by atoms with E-state index >= 15 is 0 Å². The smallest absolute Gasteiger partial charge is 0.448 e. The van der Waals surface area contributed by atoms with Crippen LogP contribution in [0, 0.1) is 0 Å². The molecule has 0 aromatic rings. The molecular formula is C7H15BF3N2-. The van der Waals surface area contributed by atoms with Gasteiger partial charge in [-0.15, -0.1) is 0 Å². The highest BCUT2D eigenvalue weighted by Crippen LogP contribution is 2.12. The zero-order valence-electron chi connectivity index (χ0n) is 7.85. The zero-order valence-corrected chi connectivity index (χ0v) is 7.85. The Morgan fingerprint density at radius 3 is 1.85 bits per heavy atom. The summed E-state index contributed by atoms with van der Waals surface area (Å²) in [7, 11) is 0. The third-order valence-electron chi connectivity index (χ3n) is 2.38. The Labute approximate surface area is 76.7 Å². The van der Waals surface area contributed by atoms with Gasteiger partial charge >= 0.3 is 6.98 Å². The van der Waals surface area contributed by atoms with Gasteiger partial charge in [0.05, 0.1) is 0 Å². The molecule has 0 aromatic carbocycles. The lowest BCUT2D eigenvalue weighted by Crippen LogP contribution is -2.50. The van der Waals surface area contributed by atoms with E-state index in [0.717, 1.165) is 19.6 Å². The average Bonchev–Trinajstić information content (AvgIpc) is 2.03. The van der Waals surface area contributed by atoms with Crippen LogP contribution in [0.4, 0.5) is 12.9 Å². The Morgan fingerprint density at radius 2 is 1.46 bits per heavy atom. The summed E-state index contributed by atoms with van der Waals surface area (Å²) in [5.74, 6) is 0. The number of hydrogen-bond acceptors (Lipinski definition) is 2. The SMILES string of the molecule is CCN1CCN(C[B-](F)(F)F)CC1. The molecule has 78 valence electrons. The minimum Gasteiger partial charge on any atom is -0.448 e. The summed E-state index contributed by atoms with van der Waals surface area (Å²) in [5, 5.41) is 0. The topological polar surface area (TPSA) is 6.48 Å². The Bertz CT molecular complexity index is 154. The molecule has 0 atom stereocenters. The second kappa shape index (κ2) is 4.33. The highest BCUT2D eigenvalue weighted by Gasteiger charge is 2.27. The van der Waals surface area contributed by atoms with Crippen molar-refractivity contribution in [3.05, 3.63) is 0 Å². The molecule has 1 aliphatic rings. The minimum absolute atomic E-state index is 0.551. The predicted molar refractivity (Wildman–Crippen MR) is 47.6 cm³/mol. The summed E-state index contributed by atoms with van der Waals surface area (Å²) in [6.07, 6.45) is -0.697. The molecule has 13 heavy (non-hydrogen) atoms. The van der Waals surface area contributed by atoms with Gasteiger partial charge in [-0.05, 0) is 13.0 Å². The van der Waals surface area contributed by atoms with Crippen molar-refractivity contribution >= 4 is 6.98 Å². The van der Waals surface area contributed by atoms with Crippen LogP contribution < -0.4 is 0 Å². The third-order valence-corrected chi connectivity index (χ3v) is 2.38. The first kappa shape index (κ1) is 10.9. The van der Waals surface area contributed by atoms with Gasteiger partial charge in [0.1, 0.15) is 0 Å². The second-order valence-corrected chi connectivity index (χ2v) is 3.45. The van der Waals surface area contributed by atoms with Crippen molar-refractivity contribution in [1.82, 2.24) is 9.80 Å². The summed E-state index contributed by atoms with van der Waals surface area (Å²) in [6.45, 7) is 0.959. The van der Waals surface area contributed by atoms with Crippen LogP contribution in [0.15, 0.2) is 0 Å². The Hall–Kier alpha value is -0.225. The molecule has 1 saturated heterocycles. The molecular weight excluding hydrogens is 180 g/mol. The van der Waals surface area contributed by atoms with E-state index in [1.165, 1.54) is 4.90 Å². The summed E-state index contributed by atoms with van der Waals surface area (Å²) in [6, 6.07) is 0. The van der Waals surface area contributed by atoms with Gasteiger partial charge in [-0.3, -0.25) is 0 Å². The van der Waals surface area contributed by atoms with Crippen molar-refractivity contribution < 1.29 is 12.9 Å². The molecule has 1 fully saturated rings. The first-order valence-corrected chi connectivity index (χ1v) is 4.67. The van der Waals surface area contributed by atoms with Crippen molar-refractivity contribution in [2.24, 2.45) is 0 Å². The van der Waals surface area contributed by atoms with Crippen molar-refractivity contribution in [3.8, 4) is 0 Å². The molecule has 0 N–H and O–H groups in total. The summed E-state index contributed by atoms with van der Waals surface area (Å²) >= 11 is 0. The standard InChI is InChI=1S/C7H15BF3N2/c1-2-12-3-5-13(6-4-12)7-8(9,10)11/h2-7H2,1H3/q-1. The predicted octanol–water partition coefficient (Wildman–Crippen LogP) is 1.01. The van der Waals surface area contributed by atoms with Gasteiger partial charge in [0.2, 0.25) is 0 Å². The highest BCUT2D eigenvalue weighted by molar-refractivity contribution is 6.58. The number of halogens is 3. The molecule has 0 radical (unpaired) electrons. The Balaban J connectivity index is 2.25. The van der Waals surface area contributed by atoms with Gasteiger partial charge < -0.3 is 22.7 Å². The highest BCUT2D eigenvalue weighted by atomic mass is 19.4. The van der Waals surface area contributed by atoms with Crippen LogP contribution in [-0.2, 0) is 0 Å². The Morgan fingerprint density at radius 1 is 1.00 bits per heavy atom. The molecule has 0 amide bonds. The van der Waals surface area contributed by atoms with Crippen LogP contribution in [-0.4, -0.2) is 55.9 Å². The maximum absolute atomic E-state index is 12.0. The molecule has 0 unspecified atom stereocenters. The van der Waals surface area contributed by atoms with Crippen LogP contribution in [0.3, 0.4) is 0 Å². The molecule has 0 spiro atoms. The minimum atomic E-state index is -4.64. The van der Waals surface area contributed by atoms with Gasteiger partial charge in [-0.2, -0.15) is 0 Å². The number of nitrogens with zero attached hydrogens (tertiary/aromatic N) is 2. The van der Waals surface area contributed by atoms with E-state index in [4.69, 9.17) is 0 Å². The lowest BCUT2D eigenvalue weighted by Gasteiger charge is -2.36. The molecule has 1 aliphatic heterocycles. The van der Waals surface area contributed by atoms with E-state index in [1.807, 2.05) is 6.92 Å². The fourth-order valence-electron chi connectivity index (χ4n) is 1.58. The van der Waals surface area contributed by atoms with E-state index in [-0.39, 0.29) is 0 Å². The quantitative estimate of drug-likeness (QED) is 0.620. The van der Waals surface area contributed by atoms with Crippen molar-refractivity contribution in [2.45, 2.75) is 6.92 Å². The van der Waals surface area contributed by atoms with Crippen LogP contribution in [0.5, 0.6) is 0 Å². The molecule has 2 nitrogen and oxygen atoms in total. The third kappa shape index (κ3) is 4.00. The molecule has 1 rings (SSSR count). The van der Waals surface area contributed by atoms with E-state index in [0.29, 0.717) is 13.1 Å². The molecule has 0 bridgehead atoms. The van der Waals surface area contributed by atoms with Gasteiger partial charge in [0, 0.05) is 26.2 Å². The number of rotatable bonds is 3. The maximum atomic E-state index is 12.0. The molecule has 1 heterocycles. The van der Waals surface area contributed by atoms with Gasteiger partial charge in [-0.1, -0.05) is 6.92 Å². The maximum Gasteiger partial charge on any atom is 0.492 e. The first-order valence-electron chi connectivity index (χ1n) is 4.67. The molecule has 0 aliphatic carbocycles. The van der Waals surface area contributed by atoms with Crippen LogP contribution >= 0.6 is 0 Å². The van der Waals surface area contributed by atoms with Crippen molar-refractivity contribution in [3.63, 3.8) is 0 Å². The monoisotopic (exact) mass is 195 g/mol. The van der Waals surface area contributed by atoms with Crippen LogP contribution in [0.2, 0.25) is 0 Å². The summed E-state index contributed by atoms with van der Waals surface area (Å²) in [4.78, 5) is 3.66. The summed E-state index contributed by atoms with van der Waals surface area (Å²) in [5.41, 5.74) is 0. The van der Waals surface area contributed by atoms with Crippen LogP contribution in [0.25, 0.3) is 0 Å². The van der Waals surface area contributed by atoms with Gasteiger partial charge in [0.25, 0.3) is 0 Å². The Kier molecular flexibility index (Phi) is 3.61. The first-order chi connectivity index (χ1) is 6.01. The largest absolute Gasteiger partial charge is 0.492 e. The fraction of sp³-hybridized carbons (Fsp3) is 1.00. The molecule has 0 aromatic heterocycles. The normalized spacial score (nSPS) is 22.2.